The maximum atomic E-state index is 11.2. The molecule has 82 valence electrons. The molecule has 1 heterocycles. The van der Waals surface area contributed by atoms with Crippen LogP contribution in [0.4, 0.5) is 4.79 Å². The largest absolute Gasteiger partial charge is 0.427 e. The second-order valence-corrected chi connectivity index (χ2v) is 3.25. The third-order valence-corrected chi connectivity index (χ3v) is 1.81. The number of urea groups is 1. The molecule has 0 spiro atoms. The van der Waals surface area contributed by atoms with Crippen molar-refractivity contribution in [1.29, 1.82) is 0 Å². The minimum atomic E-state index is -0.440. The van der Waals surface area contributed by atoms with Crippen LogP contribution in [-0.2, 0) is 0 Å². The van der Waals surface area contributed by atoms with Crippen LogP contribution < -0.4 is 10.8 Å². The standard InChI is InChI=1S/C10H15N3O2/c1-3-5-11-10(14)12-9-7-8(2)4-6-13(9)15/h4,6-7,15H,3,5H2,1-2H3,(H,11,14)/b12-9-. The summed E-state index contributed by atoms with van der Waals surface area (Å²) >= 11 is 0. The first-order chi connectivity index (χ1) is 7.13. The van der Waals surface area contributed by atoms with Crippen LogP contribution in [-0.4, -0.2) is 22.5 Å². The highest BCUT2D eigenvalue weighted by Crippen LogP contribution is 1.88. The highest BCUT2D eigenvalue weighted by molar-refractivity contribution is 5.74. The summed E-state index contributed by atoms with van der Waals surface area (Å²) in [5, 5.41) is 11.9. The maximum absolute atomic E-state index is 11.2. The molecule has 1 aromatic rings. The molecule has 0 unspecified atom stereocenters. The number of carbonyl (C=O) groups excluding carboxylic acids is 1. The number of aryl methyl sites for hydroxylation is 1. The average molecular weight is 209 g/mol. The van der Waals surface area contributed by atoms with Crippen molar-refractivity contribution in [3.63, 3.8) is 0 Å². The Kier molecular flexibility index (Phi) is 3.91. The molecule has 0 bridgehead atoms. The van der Waals surface area contributed by atoms with Gasteiger partial charge >= 0.3 is 6.03 Å². The Balaban J connectivity index is 2.89. The minimum Gasteiger partial charge on any atom is -0.427 e. The summed E-state index contributed by atoms with van der Waals surface area (Å²) in [5.74, 6) is 0. The van der Waals surface area contributed by atoms with Gasteiger partial charge in [0, 0.05) is 12.7 Å². The van der Waals surface area contributed by atoms with Gasteiger partial charge in [-0.1, -0.05) is 6.92 Å². The molecular formula is C10H15N3O2. The van der Waals surface area contributed by atoms with Crippen molar-refractivity contribution < 1.29 is 10.0 Å². The van der Waals surface area contributed by atoms with Crippen LogP contribution in [0.15, 0.2) is 23.3 Å². The topological polar surface area (TPSA) is 66.6 Å². The molecule has 0 fully saturated rings. The Labute approximate surface area is 88.0 Å². The lowest BCUT2D eigenvalue weighted by Gasteiger charge is -2.00. The fourth-order valence-corrected chi connectivity index (χ4v) is 1.04. The lowest BCUT2D eigenvalue weighted by atomic mass is 10.3. The molecule has 0 aliphatic heterocycles. The number of hydrogen-bond acceptors (Lipinski definition) is 2. The SMILES string of the molecule is CCCNC(=O)/N=c1/cc(C)ccn1O. The Morgan fingerprint density at radius 3 is 3.07 bits per heavy atom. The summed E-state index contributed by atoms with van der Waals surface area (Å²) in [4.78, 5) is 15.0. The van der Waals surface area contributed by atoms with Gasteiger partial charge in [0.2, 0.25) is 0 Å². The first-order valence-corrected chi connectivity index (χ1v) is 4.84. The van der Waals surface area contributed by atoms with E-state index < -0.39 is 6.03 Å². The van der Waals surface area contributed by atoms with E-state index in [1.165, 1.54) is 6.20 Å². The molecule has 0 aliphatic rings. The van der Waals surface area contributed by atoms with E-state index >= 15 is 0 Å². The zero-order valence-electron chi connectivity index (χ0n) is 8.90. The molecular weight excluding hydrogens is 194 g/mol. The lowest BCUT2D eigenvalue weighted by Crippen LogP contribution is -2.26. The van der Waals surface area contributed by atoms with E-state index in [9.17, 15) is 10.0 Å². The molecule has 1 rings (SSSR count). The Morgan fingerprint density at radius 1 is 1.67 bits per heavy atom. The van der Waals surface area contributed by atoms with Crippen molar-refractivity contribution in [3.05, 3.63) is 29.4 Å². The third kappa shape index (κ3) is 3.46. The molecule has 0 radical (unpaired) electrons. The molecule has 5 heteroatoms. The summed E-state index contributed by atoms with van der Waals surface area (Å²) < 4.78 is 0.818. The minimum absolute atomic E-state index is 0.226. The van der Waals surface area contributed by atoms with Crippen molar-refractivity contribution in [3.8, 4) is 0 Å². The van der Waals surface area contributed by atoms with Gasteiger partial charge in [0.15, 0.2) is 5.49 Å². The van der Waals surface area contributed by atoms with Gasteiger partial charge in [0.1, 0.15) is 0 Å². The van der Waals surface area contributed by atoms with E-state index in [4.69, 9.17) is 0 Å². The van der Waals surface area contributed by atoms with Gasteiger partial charge in [-0.25, -0.2) is 4.79 Å². The van der Waals surface area contributed by atoms with Crippen molar-refractivity contribution in [1.82, 2.24) is 10.0 Å². The first-order valence-electron chi connectivity index (χ1n) is 4.84. The number of amides is 2. The molecule has 2 amide bonds. The van der Waals surface area contributed by atoms with Crippen LogP contribution in [0.25, 0.3) is 0 Å². The predicted molar refractivity (Wildman–Crippen MR) is 55.6 cm³/mol. The summed E-state index contributed by atoms with van der Waals surface area (Å²) in [7, 11) is 0. The molecule has 0 saturated heterocycles. The smallest absolute Gasteiger partial charge is 0.343 e. The Hall–Kier alpha value is -1.78. The van der Waals surface area contributed by atoms with Gasteiger partial charge in [0.25, 0.3) is 0 Å². The summed E-state index contributed by atoms with van der Waals surface area (Å²) in [6.07, 6.45) is 2.30. The molecule has 2 N–H and O–H groups in total. The van der Waals surface area contributed by atoms with Gasteiger partial charge in [-0.3, -0.25) is 0 Å². The van der Waals surface area contributed by atoms with Gasteiger partial charge in [-0.15, -0.1) is 0 Å². The first kappa shape index (κ1) is 11.3. The molecule has 0 atom stereocenters. The van der Waals surface area contributed by atoms with E-state index in [0.29, 0.717) is 6.54 Å². The maximum Gasteiger partial charge on any atom is 0.343 e. The van der Waals surface area contributed by atoms with Gasteiger partial charge in [0.05, 0.1) is 0 Å². The summed E-state index contributed by atoms with van der Waals surface area (Å²) in [6, 6.07) is 2.92. The second kappa shape index (κ2) is 5.19. The van der Waals surface area contributed by atoms with E-state index in [1.807, 2.05) is 13.8 Å². The van der Waals surface area contributed by atoms with Crippen LogP contribution in [0, 0.1) is 6.92 Å². The van der Waals surface area contributed by atoms with Crippen molar-refractivity contribution >= 4 is 6.03 Å². The normalized spacial score (nSPS) is 11.5. The van der Waals surface area contributed by atoms with Crippen molar-refractivity contribution in [2.45, 2.75) is 20.3 Å². The number of nitrogens with one attached hydrogen (secondary N) is 1. The highest BCUT2D eigenvalue weighted by Gasteiger charge is 1.97. The molecule has 1 aromatic heterocycles. The van der Waals surface area contributed by atoms with Crippen LogP contribution in [0.2, 0.25) is 0 Å². The summed E-state index contributed by atoms with van der Waals surface area (Å²) in [6.45, 7) is 4.40. The zero-order valence-corrected chi connectivity index (χ0v) is 8.90. The van der Waals surface area contributed by atoms with Gasteiger partial charge < -0.3 is 10.5 Å². The average Bonchev–Trinajstić information content (AvgIpc) is 2.20. The van der Waals surface area contributed by atoms with Gasteiger partial charge in [-0.05, 0) is 31.0 Å². The predicted octanol–water partition coefficient (Wildman–Crippen LogP) is 1.05. The van der Waals surface area contributed by atoms with Crippen LogP contribution in [0.3, 0.4) is 0 Å². The molecule has 5 nitrogen and oxygen atoms in total. The lowest BCUT2D eigenvalue weighted by molar-refractivity contribution is 0.171. The highest BCUT2D eigenvalue weighted by atomic mass is 16.5. The van der Waals surface area contributed by atoms with E-state index in [-0.39, 0.29) is 5.49 Å². The number of pyridine rings is 1. The third-order valence-electron chi connectivity index (χ3n) is 1.81. The van der Waals surface area contributed by atoms with E-state index in [2.05, 4.69) is 10.3 Å². The zero-order chi connectivity index (χ0) is 11.3. The van der Waals surface area contributed by atoms with E-state index in [1.54, 1.807) is 12.1 Å². The number of nitrogens with zero attached hydrogens (tertiary/aromatic N) is 2. The molecule has 0 aliphatic carbocycles. The van der Waals surface area contributed by atoms with Crippen LogP contribution >= 0.6 is 0 Å². The van der Waals surface area contributed by atoms with Gasteiger partial charge in [-0.2, -0.15) is 9.72 Å². The second-order valence-electron chi connectivity index (χ2n) is 3.25. The Bertz CT molecular complexity index is 409. The summed E-state index contributed by atoms with van der Waals surface area (Å²) in [5.41, 5.74) is 1.16. The quantitative estimate of drug-likeness (QED) is 0.715. The number of hydrogen-bond donors (Lipinski definition) is 2. The van der Waals surface area contributed by atoms with E-state index in [0.717, 1.165) is 16.7 Å². The monoisotopic (exact) mass is 209 g/mol. The van der Waals surface area contributed by atoms with Crippen molar-refractivity contribution in [2.24, 2.45) is 4.99 Å². The molecule has 0 aromatic carbocycles. The Morgan fingerprint density at radius 2 is 2.40 bits per heavy atom. The van der Waals surface area contributed by atoms with Crippen molar-refractivity contribution in [2.75, 3.05) is 6.54 Å². The molecule has 15 heavy (non-hydrogen) atoms. The number of carbonyl (C=O) groups is 1. The fourth-order valence-electron chi connectivity index (χ4n) is 1.04. The molecule has 0 saturated carbocycles. The van der Waals surface area contributed by atoms with Crippen LogP contribution in [0.1, 0.15) is 18.9 Å². The fraction of sp³-hybridized carbons (Fsp3) is 0.400. The number of aromatic nitrogens is 1. The van der Waals surface area contributed by atoms with Crippen LogP contribution in [0.5, 0.6) is 0 Å². The number of rotatable bonds is 2.